The Labute approximate surface area is 329 Å². The molecule has 0 spiro atoms. The van der Waals surface area contributed by atoms with Crippen LogP contribution < -0.4 is 9.80 Å². The third-order valence-electron chi connectivity index (χ3n) is 6.64. The molecule has 0 amide bonds. The van der Waals surface area contributed by atoms with Crippen LogP contribution in [-0.4, -0.2) is 39.1 Å². The molecule has 0 atom stereocenters. The maximum atomic E-state index is 4.30. The van der Waals surface area contributed by atoms with Crippen LogP contribution in [0.2, 0.25) is 0 Å². The molecule has 16 heteroatoms. The fraction of sp³-hybridized carbons (Fsp3) is 0.250. The van der Waals surface area contributed by atoms with Crippen LogP contribution in [0.5, 0.6) is 0 Å². The van der Waals surface area contributed by atoms with Crippen LogP contribution in [0, 0.1) is 27.7 Å². The van der Waals surface area contributed by atoms with Crippen molar-refractivity contribution in [3.05, 3.63) is 132 Å². The van der Waals surface area contributed by atoms with Crippen LogP contribution in [0.3, 0.4) is 0 Å². The molecule has 48 heavy (non-hydrogen) atoms. The standard InChI is InChI=1S/2C16H19N5.4BrH.2Cd/c2*1-14-9-15(2)11-16(10-14)19(12-20-7-3-5-17-20)13-21-8-4-6-18-21;;;;;;/h2*3-11H,12-13H2,1-2H3;4*1H;;/q;;;;;;2*+2/p-4. The van der Waals surface area contributed by atoms with Gasteiger partial charge in [0.1, 0.15) is 26.7 Å². The number of halogens is 4. The Hall–Kier alpha value is -1.36. The van der Waals surface area contributed by atoms with Gasteiger partial charge in [-0.15, -0.1) is 0 Å². The molecule has 0 radical (unpaired) electrons. The van der Waals surface area contributed by atoms with Gasteiger partial charge >= 0.3 is 86.8 Å². The monoisotopic (exact) mass is 1110 g/mol. The van der Waals surface area contributed by atoms with Crippen LogP contribution >= 0.6 is 47.9 Å². The van der Waals surface area contributed by atoms with E-state index in [1.165, 1.54) is 33.6 Å². The van der Waals surface area contributed by atoms with Crippen molar-refractivity contribution >= 4 is 59.3 Å². The van der Waals surface area contributed by atoms with Gasteiger partial charge in [0.25, 0.3) is 0 Å². The topological polar surface area (TPSA) is 77.8 Å². The van der Waals surface area contributed by atoms with E-state index < -0.39 is 0 Å². The summed E-state index contributed by atoms with van der Waals surface area (Å²) in [5.41, 5.74) is 7.40. The predicted molar refractivity (Wildman–Crippen MR) is 201 cm³/mol. The Morgan fingerprint density at radius 2 is 0.688 bits per heavy atom. The molecule has 0 N–H and O–H groups in total. The minimum atomic E-state index is -0.385. The number of anilines is 2. The molecule has 248 valence electrons. The summed E-state index contributed by atoms with van der Waals surface area (Å²) in [6, 6.07) is 20.9. The summed E-state index contributed by atoms with van der Waals surface area (Å²) < 4.78 is 7.67. The first-order valence-corrected chi connectivity index (χ1v) is 51.2. The van der Waals surface area contributed by atoms with E-state index in [9.17, 15) is 0 Å². The molecule has 0 aliphatic heterocycles. The Morgan fingerprint density at radius 3 is 0.875 bits per heavy atom. The fourth-order valence-corrected chi connectivity index (χ4v) is 4.92. The van der Waals surface area contributed by atoms with E-state index in [0.717, 1.165) is 0 Å². The van der Waals surface area contributed by atoms with Crippen molar-refractivity contribution in [3.63, 3.8) is 0 Å². The molecule has 0 fully saturated rings. The Balaban J connectivity index is 0.000000224. The first-order chi connectivity index (χ1) is 23.2. The molecule has 4 heterocycles. The van der Waals surface area contributed by atoms with Crippen molar-refractivity contribution in [1.29, 1.82) is 0 Å². The van der Waals surface area contributed by atoms with Gasteiger partial charge in [0.05, 0.1) is 0 Å². The van der Waals surface area contributed by atoms with Gasteiger partial charge in [-0.2, -0.15) is 20.4 Å². The second kappa shape index (κ2) is 23.2. The van der Waals surface area contributed by atoms with Crippen molar-refractivity contribution in [2.75, 3.05) is 9.80 Å². The van der Waals surface area contributed by atoms with E-state index in [1.54, 1.807) is 24.8 Å². The van der Waals surface area contributed by atoms with Gasteiger partial charge in [-0.1, -0.05) is 12.1 Å². The van der Waals surface area contributed by atoms with E-state index in [-0.39, 0.29) is 38.8 Å². The summed E-state index contributed by atoms with van der Waals surface area (Å²) in [5.74, 6) is 0. The zero-order chi connectivity index (χ0) is 34.7. The van der Waals surface area contributed by atoms with Crippen LogP contribution in [-0.2, 0) is 65.5 Å². The molecule has 10 nitrogen and oxygen atoms in total. The van der Waals surface area contributed by atoms with E-state index in [2.05, 4.69) is 142 Å². The van der Waals surface area contributed by atoms with Crippen molar-refractivity contribution in [3.8, 4) is 0 Å². The van der Waals surface area contributed by atoms with Crippen molar-refractivity contribution in [2.45, 2.75) is 54.4 Å². The molecule has 0 aliphatic rings. The van der Waals surface area contributed by atoms with Gasteiger partial charge < -0.3 is 9.80 Å². The quantitative estimate of drug-likeness (QED) is 0.128. The molecular weight excluding hydrogens is 1070 g/mol. The van der Waals surface area contributed by atoms with Crippen LogP contribution in [0.1, 0.15) is 22.3 Å². The number of nitrogens with zero attached hydrogens (tertiary/aromatic N) is 10. The van der Waals surface area contributed by atoms with Gasteiger partial charge in [0.15, 0.2) is 0 Å². The van der Waals surface area contributed by atoms with Gasteiger partial charge in [-0.25, -0.2) is 0 Å². The van der Waals surface area contributed by atoms with Crippen LogP contribution in [0.25, 0.3) is 0 Å². The second-order valence-corrected chi connectivity index (χ2v) is 47.1. The summed E-state index contributed by atoms with van der Waals surface area (Å²) in [7, 11) is 0. The number of aromatic nitrogens is 8. The maximum absolute atomic E-state index is 4.30. The van der Waals surface area contributed by atoms with Crippen molar-refractivity contribution in [2.24, 2.45) is 0 Å². The third kappa shape index (κ3) is 15.3. The van der Waals surface area contributed by atoms with Gasteiger partial charge in [0, 0.05) is 60.9 Å². The summed E-state index contributed by atoms with van der Waals surface area (Å²) >= 11 is 12.3. The van der Waals surface area contributed by atoms with Gasteiger partial charge in [0.2, 0.25) is 0 Å². The summed E-state index contributed by atoms with van der Waals surface area (Å²) in [6.07, 6.45) is 15.1. The van der Waals surface area contributed by atoms with Crippen LogP contribution in [0.4, 0.5) is 11.4 Å². The molecule has 4 aromatic heterocycles. The number of aryl methyl sites for hydroxylation is 4. The molecule has 2 aromatic carbocycles. The van der Waals surface area contributed by atoms with E-state index in [1.807, 2.05) is 67.8 Å². The van der Waals surface area contributed by atoms with Gasteiger partial charge in [-0.05, 0) is 98.5 Å². The second-order valence-electron chi connectivity index (χ2n) is 10.7. The zero-order valence-corrected chi connectivity index (χ0v) is 42.0. The van der Waals surface area contributed by atoms with Gasteiger partial charge in [-0.3, -0.25) is 18.7 Å². The fourth-order valence-electron chi connectivity index (χ4n) is 4.92. The summed E-state index contributed by atoms with van der Waals surface area (Å²) in [6.45, 7) is 11.2. The van der Waals surface area contributed by atoms with Crippen molar-refractivity contribution < 1.29 is 38.8 Å². The molecule has 0 saturated heterocycles. The zero-order valence-electron chi connectivity index (χ0n) is 27.6. The molecule has 6 rings (SSSR count). The predicted octanol–water partition coefficient (Wildman–Crippen LogP) is 9.01. The number of hydrogen-bond acceptors (Lipinski definition) is 6. The van der Waals surface area contributed by atoms with E-state index >= 15 is 0 Å². The van der Waals surface area contributed by atoms with Crippen molar-refractivity contribution in [1.82, 2.24) is 39.1 Å². The number of rotatable bonds is 10. The summed E-state index contributed by atoms with van der Waals surface area (Å²) in [5, 5.41) is 17.2. The number of hydrogen-bond donors (Lipinski definition) is 0. The molecule has 0 saturated carbocycles. The van der Waals surface area contributed by atoms with Crippen LogP contribution in [0.15, 0.2) is 110 Å². The SMILES string of the molecule is Cc1cc(C)cc(N(Cn2cccn2)Cn2cccn2)c1.Cc1cc(C)cc(N(Cn2cccn2)Cn2cccn2)c1.[Br][Cd][Br].[Br][Cd][Br]. The first kappa shape index (κ1) is 41.1. The molecule has 6 aromatic rings. The normalized spacial score (nSPS) is 9.83. The Kier molecular flexibility index (Phi) is 19.8. The average Bonchev–Trinajstić information content (AvgIpc) is 3.87. The number of benzene rings is 2. The third-order valence-corrected chi connectivity index (χ3v) is 6.64. The van der Waals surface area contributed by atoms with E-state index in [0.29, 0.717) is 26.7 Å². The first-order valence-electron chi connectivity index (χ1n) is 15.0. The van der Waals surface area contributed by atoms with E-state index in [4.69, 9.17) is 0 Å². The molecule has 0 aliphatic carbocycles. The summed E-state index contributed by atoms with van der Waals surface area (Å²) in [4.78, 5) is 4.50. The average molecular weight is 1110 g/mol. The Bertz CT molecular complexity index is 1450. The molecule has 0 bridgehead atoms. The molecular formula is C32H38Br4Cd2N10. The minimum absolute atomic E-state index is 0.385. The molecule has 0 unspecified atom stereocenters. The Morgan fingerprint density at radius 1 is 0.458 bits per heavy atom.